The van der Waals surface area contributed by atoms with Crippen LogP contribution >= 0.6 is 23.1 Å². The molecule has 0 saturated carbocycles. The molecule has 1 N–H and O–H groups in total. The summed E-state index contributed by atoms with van der Waals surface area (Å²) in [4.78, 5) is 1.92. The summed E-state index contributed by atoms with van der Waals surface area (Å²) in [5, 5.41) is 23.7. The molecule has 2 aromatic rings. The van der Waals surface area contributed by atoms with Gasteiger partial charge in [0.05, 0.1) is 12.3 Å². The van der Waals surface area contributed by atoms with Crippen molar-refractivity contribution in [2.45, 2.75) is 22.9 Å². The molecule has 0 bridgehead atoms. The molecule has 0 aliphatic heterocycles. The van der Waals surface area contributed by atoms with Crippen LogP contribution in [0.3, 0.4) is 0 Å². The second-order valence-corrected chi connectivity index (χ2v) is 6.19. The Balaban J connectivity index is 2.27. The molecule has 98 valence electrons. The molecule has 2 heterocycles. The molecule has 2 rings (SSSR count). The highest BCUT2D eigenvalue weighted by Crippen LogP contribution is 2.35. The van der Waals surface area contributed by atoms with Crippen molar-refractivity contribution in [1.29, 1.82) is 0 Å². The van der Waals surface area contributed by atoms with Gasteiger partial charge in [0.15, 0.2) is 4.34 Å². The second-order valence-electron chi connectivity index (χ2n) is 4.00. The monoisotopic (exact) mass is 285 g/mol. The minimum absolute atomic E-state index is 0.0126. The van der Waals surface area contributed by atoms with E-state index in [1.807, 2.05) is 33.0 Å². The number of aromatic nitrogens is 4. The minimum atomic E-state index is -0.0126. The van der Waals surface area contributed by atoms with Crippen molar-refractivity contribution >= 4 is 28.2 Å². The molecular formula is C10H15N5OS2. The number of hydrogen-bond donors (Lipinski definition) is 1. The molecule has 0 atom stereocenters. The Bertz CT molecular complexity index is 548. The first-order valence-electron chi connectivity index (χ1n) is 5.35. The fourth-order valence-corrected chi connectivity index (χ4v) is 3.38. The number of anilines is 1. The van der Waals surface area contributed by atoms with Crippen molar-refractivity contribution in [2.24, 2.45) is 7.05 Å². The Kier molecular flexibility index (Phi) is 3.88. The summed E-state index contributed by atoms with van der Waals surface area (Å²) < 4.78 is 2.61. The number of aliphatic hydroxyl groups excluding tert-OH is 1. The van der Waals surface area contributed by atoms with Gasteiger partial charge in [-0.2, -0.15) is 5.10 Å². The third-order valence-electron chi connectivity index (χ3n) is 2.41. The van der Waals surface area contributed by atoms with Crippen molar-refractivity contribution < 1.29 is 5.11 Å². The predicted molar refractivity (Wildman–Crippen MR) is 72.2 cm³/mol. The normalized spacial score (nSPS) is 10.9. The topological polar surface area (TPSA) is 67.1 Å². The van der Waals surface area contributed by atoms with E-state index in [4.69, 9.17) is 0 Å². The number of hydrogen-bond acceptors (Lipinski definition) is 7. The highest BCUT2D eigenvalue weighted by molar-refractivity contribution is 8.01. The molecule has 0 amide bonds. The summed E-state index contributed by atoms with van der Waals surface area (Å²) in [5.74, 6) is 0. The van der Waals surface area contributed by atoms with Crippen LogP contribution in [0.1, 0.15) is 11.3 Å². The van der Waals surface area contributed by atoms with Gasteiger partial charge in [-0.15, -0.1) is 10.2 Å². The molecule has 0 unspecified atom stereocenters. The molecule has 2 aromatic heterocycles. The van der Waals surface area contributed by atoms with E-state index in [0.717, 1.165) is 25.8 Å². The van der Waals surface area contributed by atoms with E-state index >= 15 is 0 Å². The van der Waals surface area contributed by atoms with Crippen LogP contribution in [-0.4, -0.2) is 39.2 Å². The summed E-state index contributed by atoms with van der Waals surface area (Å²) in [6.45, 7) is 1.88. The van der Waals surface area contributed by atoms with Crippen molar-refractivity contribution in [1.82, 2.24) is 20.0 Å². The van der Waals surface area contributed by atoms with E-state index in [2.05, 4.69) is 15.3 Å². The van der Waals surface area contributed by atoms with Crippen molar-refractivity contribution in [3.63, 3.8) is 0 Å². The van der Waals surface area contributed by atoms with Gasteiger partial charge in [-0.25, -0.2) is 0 Å². The van der Waals surface area contributed by atoms with Crippen molar-refractivity contribution in [3.05, 3.63) is 11.3 Å². The first kappa shape index (κ1) is 13.3. The average molecular weight is 285 g/mol. The lowest BCUT2D eigenvalue weighted by molar-refractivity contribution is 0.277. The molecule has 0 aliphatic carbocycles. The van der Waals surface area contributed by atoms with Crippen LogP contribution in [0.2, 0.25) is 0 Å². The first-order valence-corrected chi connectivity index (χ1v) is 6.98. The lowest BCUT2D eigenvalue weighted by Gasteiger charge is -2.04. The lowest BCUT2D eigenvalue weighted by atomic mass is 10.3. The summed E-state index contributed by atoms with van der Waals surface area (Å²) in [6.07, 6.45) is 0. The van der Waals surface area contributed by atoms with Crippen LogP contribution in [-0.2, 0) is 13.7 Å². The maximum Gasteiger partial charge on any atom is 0.208 e. The first-order chi connectivity index (χ1) is 8.52. The molecule has 0 saturated heterocycles. The maximum absolute atomic E-state index is 9.38. The van der Waals surface area contributed by atoms with Crippen LogP contribution in [0.5, 0.6) is 0 Å². The van der Waals surface area contributed by atoms with E-state index in [1.165, 1.54) is 23.1 Å². The van der Waals surface area contributed by atoms with Crippen molar-refractivity contribution in [2.75, 3.05) is 19.0 Å². The fraction of sp³-hybridized carbons (Fsp3) is 0.500. The lowest BCUT2D eigenvalue weighted by Crippen LogP contribution is -2.07. The van der Waals surface area contributed by atoms with Crippen LogP contribution < -0.4 is 4.90 Å². The highest BCUT2D eigenvalue weighted by atomic mass is 32.2. The summed E-state index contributed by atoms with van der Waals surface area (Å²) in [6, 6.07) is 0. The Labute approximate surface area is 114 Å². The fourth-order valence-electron chi connectivity index (χ4n) is 1.50. The molecule has 18 heavy (non-hydrogen) atoms. The Morgan fingerprint density at radius 3 is 2.67 bits per heavy atom. The molecule has 0 radical (unpaired) electrons. The average Bonchev–Trinajstić information content (AvgIpc) is 2.86. The van der Waals surface area contributed by atoms with Crippen LogP contribution in [0.4, 0.5) is 5.13 Å². The maximum atomic E-state index is 9.38. The van der Waals surface area contributed by atoms with Crippen LogP contribution in [0.15, 0.2) is 9.37 Å². The van der Waals surface area contributed by atoms with Crippen molar-refractivity contribution in [3.8, 4) is 0 Å². The SMILES string of the molecule is Cc1nn(C)c(Sc2nnc(N(C)C)s2)c1CO. The largest absolute Gasteiger partial charge is 0.392 e. The Hall–Kier alpha value is -1.12. The summed E-state index contributed by atoms with van der Waals surface area (Å²) in [7, 11) is 5.73. The van der Waals surface area contributed by atoms with Crippen LogP contribution in [0.25, 0.3) is 0 Å². The molecule has 0 aliphatic rings. The van der Waals surface area contributed by atoms with Gasteiger partial charge in [-0.05, 0) is 18.7 Å². The van der Waals surface area contributed by atoms with Gasteiger partial charge in [0.2, 0.25) is 5.13 Å². The zero-order valence-corrected chi connectivity index (χ0v) is 12.3. The van der Waals surface area contributed by atoms with E-state index < -0.39 is 0 Å². The van der Waals surface area contributed by atoms with Crippen LogP contribution in [0, 0.1) is 6.92 Å². The number of aryl methyl sites for hydroxylation is 2. The van der Waals surface area contributed by atoms with Gasteiger partial charge in [-0.3, -0.25) is 4.68 Å². The summed E-state index contributed by atoms with van der Waals surface area (Å²) >= 11 is 3.00. The zero-order chi connectivity index (χ0) is 13.3. The Morgan fingerprint density at radius 1 is 1.39 bits per heavy atom. The van der Waals surface area contributed by atoms with Gasteiger partial charge >= 0.3 is 0 Å². The number of nitrogens with zero attached hydrogens (tertiary/aromatic N) is 5. The van der Waals surface area contributed by atoms with E-state index in [9.17, 15) is 5.11 Å². The van der Waals surface area contributed by atoms with Gasteiger partial charge in [0.1, 0.15) is 5.03 Å². The second kappa shape index (κ2) is 5.25. The van der Waals surface area contributed by atoms with Gasteiger partial charge in [0, 0.05) is 26.7 Å². The van der Waals surface area contributed by atoms with E-state index in [-0.39, 0.29) is 6.61 Å². The zero-order valence-electron chi connectivity index (χ0n) is 10.7. The van der Waals surface area contributed by atoms with E-state index in [1.54, 1.807) is 4.68 Å². The molecule has 0 fully saturated rings. The highest BCUT2D eigenvalue weighted by Gasteiger charge is 2.16. The van der Waals surface area contributed by atoms with E-state index in [0.29, 0.717) is 0 Å². The standard InChI is InChI=1S/C10H15N5OS2/c1-6-7(5-16)8(15(4)13-6)17-10-12-11-9(18-10)14(2)3/h16H,5H2,1-4H3. The van der Waals surface area contributed by atoms with Gasteiger partial charge < -0.3 is 10.0 Å². The molecular weight excluding hydrogens is 270 g/mol. The molecule has 8 heteroatoms. The number of aliphatic hydroxyl groups is 1. The Morgan fingerprint density at radius 2 is 2.11 bits per heavy atom. The quantitative estimate of drug-likeness (QED) is 0.913. The summed E-state index contributed by atoms with van der Waals surface area (Å²) in [5.41, 5.74) is 1.70. The smallest absolute Gasteiger partial charge is 0.208 e. The van der Waals surface area contributed by atoms with Gasteiger partial charge in [0.25, 0.3) is 0 Å². The third kappa shape index (κ3) is 2.50. The molecule has 6 nitrogen and oxygen atoms in total. The molecule has 0 spiro atoms. The minimum Gasteiger partial charge on any atom is -0.392 e. The third-order valence-corrected chi connectivity index (χ3v) is 4.76. The molecule has 0 aromatic carbocycles. The number of rotatable bonds is 4. The predicted octanol–water partition coefficient (Wildman–Crippen LogP) is 1.29. The van der Waals surface area contributed by atoms with Gasteiger partial charge in [-0.1, -0.05) is 11.3 Å².